The minimum atomic E-state index is -1.88. The van der Waals surface area contributed by atoms with E-state index in [1.165, 1.54) is 0 Å². The van der Waals surface area contributed by atoms with E-state index in [0.29, 0.717) is 6.42 Å². The first-order valence-electron chi connectivity index (χ1n) is 12.6. The lowest BCUT2D eigenvalue weighted by Crippen LogP contribution is -2.66. The molecule has 15 atom stereocenters. The molecule has 0 aromatic carbocycles. The van der Waals surface area contributed by atoms with Crippen LogP contribution in [0.15, 0.2) is 0 Å². The Morgan fingerprint density at radius 1 is 0.526 bits per heavy atom. The number of hydrogen-bond donors (Lipinski definition) is 10. The highest BCUT2D eigenvalue weighted by Crippen LogP contribution is 2.32. The highest BCUT2D eigenvalue weighted by atomic mass is 16.8. The Hall–Kier alpha value is -0.640. The first-order chi connectivity index (χ1) is 18.1. The van der Waals surface area contributed by atoms with Crippen LogP contribution in [0.3, 0.4) is 0 Å². The second kappa shape index (κ2) is 14.3. The lowest BCUT2D eigenvalue weighted by atomic mass is 9.96. The molecule has 0 saturated carbocycles. The number of aliphatic hydroxyl groups excluding tert-OH is 10. The lowest BCUT2D eigenvalue weighted by molar-refractivity contribution is -0.379. The van der Waals surface area contributed by atoms with E-state index in [2.05, 4.69) is 0 Å². The molecular weight excluding hydrogens is 520 g/mol. The van der Waals surface area contributed by atoms with E-state index < -0.39 is 112 Å². The van der Waals surface area contributed by atoms with Crippen LogP contribution in [0.1, 0.15) is 19.8 Å². The van der Waals surface area contributed by atoms with Crippen molar-refractivity contribution >= 4 is 0 Å². The molecule has 0 bridgehead atoms. The van der Waals surface area contributed by atoms with Gasteiger partial charge in [0.05, 0.1) is 19.8 Å². The number of aliphatic hydroxyl groups is 10. The molecule has 3 rings (SSSR count). The van der Waals surface area contributed by atoms with Gasteiger partial charge < -0.3 is 79.5 Å². The highest BCUT2D eigenvalue weighted by molar-refractivity contribution is 4.96. The maximum Gasteiger partial charge on any atom is 0.187 e. The third-order valence-electron chi connectivity index (χ3n) is 6.85. The Bertz CT molecular complexity index is 696. The predicted octanol–water partition coefficient (Wildman–Crippen LogP) is -5.75. The van der Waals surface area contributed by atoms with Gasteiger partial charge in [-0.2, -0.15) is 0 Å². The van der Waals surface area contributed by atoms with Crippen molar-refractivity contribution in [2.45, 2.75) is 112 Å². The van der Waals surface area contributed by atoms with Crippen LogP contribution in [0.25, 0.3) is 0 Å². The summed E-state index contributed by atoms with van der Waals surface area (Å²) in [5.41, 5.74) is 0. The molecule has 3 fully saturated rings. The fourth-order valence-corrected chi connectivity index (χ4v) is 4.52. The van der Waals surface area contributed by atoms with Gasteiger partial charge in [-0.15, -0.1) is 0 Å². The number of rotatable bonds is 11. The van der Waals surface area contributed by atoms with Crippen molar-refractivity contribution in [2.24, 2.45) is 0 Å². The zero-order valence-electron chi connectivity index (χ0n) is 20.8. The standard InChI is InChI=1S/C22H40O16/c1-2-3-4-33-20-16(31)13(28)18(9(6-24)35-20)38-22-17(32)14(29)19(10(7-25)36-22)37-21-15(30)12(27)11(26)8(5-23)34-21/h8-32H,2-7H2,1H3/t8?,9?,10?,11-,12-,13+,14+,15?,16?,17?,18+,19-,20+,21-,22-/m0/s1. The smallest absolute Gasteiger partial charge is 0.187 e. The Labute approximate surface area is 218 Å². The second-order valence-corrected chi connectivity index (χ2v) is 9.54. The summed E-state index contributed by atoms with van der Waals surface area (Å²) >= 11 is 0. The van der Waals surface area contributed by atoms with E-state index in [4.69, 9.17) is 28.4 Å². The van der Waals surface area contributed by atoms with E-state index in [0.717, 1.165) is 6.42 Å². The molecule has 3 heterocycles. The summed E-state index contributed by atoms with van der Waals surface area (Å²) in [5.74, 6) is 0. The molecule has 16 nitrogen and oxygen atoms in total. The minimum Gasteiger partial charge on any atom is -0.394 e. The van der Waals surface area contributed by atoms with Gasteiger partial charge in [-0.3, -0.25) is 0 Å². The molecule has 224 valence electrons. The monoisotopic (exact) mass is 560 g/mol. The van der Waals surface area contributed by atoms with Crippen LogP contribution in [-0.4, -0.2) is 170 Å². The normalized spacial score (nSPS) is 48.2. The summed E-state index contributed by atoms with van der Waals surface area (Å²) in [5, 5.41) is 102. The average Bonchev–Trinajstić information content (AvgIpc) is 2.91. The van der Waals surface area contributed by atoms with Crippen LogP contribution in [0.5, 0.6) is 0 Å². The number of unbranched alkanes of at least 4 members (excludes halogenated alkanes) is 1. The van der Waals surface area contributed by atoms with Gasteiger partial charge in [0, 0.05) is 6.61 Å². The van der Waals surface area contributed by atoms with Gasteiger partial charge in [-0.05, 0) is 6.42 Å². The molecule has 0 aliphatic carbocycles. The molecule has 0 aromatic rings. The van der Waals surface area contributed by atoms with Crippen LogP contribution >= 0.6 is 0 Å². The molecule has 3 aliphatic heterocycles. The molecule has 3 saturated heterocycles. The van der Waals surface area contributed by atoms with Gasteiger partial charge in [0.1, 0.15) is 73.2 Å². The van der Waals surface area contributed by atoms with Crippen molar-refractivity contribution in [3.63, 3.8) is 0 Å². The predicted molar refractivity (Wildman–Crippen MR) is 120 cm³/mol. The molecule has 10 N–H and O–H groups in total. The second-order valence-electron chi connectivity index (χ2n) is 9.54. The molecule has 0 spiro atoms. The number of ether oxygens (including phenoxy) is 6. The Morgan fingerprint density at radius 2 is 0.947 bits per heavy atom. The third kappa shape index (κ3) is 6.80. The number of hydrogen-bond acceptors (Lipinski definition) is 16. The molecule has 38 heavy (non-hydrogen) atoms. The van der Waals surface area contributed by atoms with Crippen molar-refractivity contribution < 1.29 is 79.5 Å². The molecular formula is C22H40O16. The van der Waals surface area contributed by atoms with Crippen LogP contribution < -0.4 is 0 Å². The quantitative estimate of drug-likeness (QED) is 0.106. The molecule has 0 radical (unpaired) electrons. The van der Waals surface area contributed by atoms with E-state index in [9.17, 15) is 51.1 Å². The van der Waals surface area contributed by atoms with E-state index in [1.54, 1.807) is 0 Å². The summed E-state index contributed by atoms with van der Waals surface area (Å²) in [7, 11) is 0. The van der Waals surface area contributed by atoms with Gasteiger partial charge in [-0.1, -0.05) is 13.3 Å². The van der Waals surface area contributed by atoms with Gasteiger partial charge in [-0.25, -0.2) is 0 Å². The topological polar surface area (TPSA) is 258 Å². The largest absolute Gasteiger partial charge is 0.394 e. The first kappa shape index (κ1) is 31.9. The van der Waals surface area contributed by atoms with Crippen LogP contribution in [0.2, 0.25) is 0 Å². The summed E-state index contributed by atoms with van der Waals surface area (Å²) in [6.45, 7) is -0.0295. The molecule has 6 unspecified atom stereocenters. The fourth-order valence-electron chi connectivity index (χ4n) is 4.52. The van der Waals surface area contributed by atoms with Crippen molar-refractivity contribution in [1.29, 1.82) is 0 Å². The van der Waals surface area contributed by atoms with E-state index >= 15 is 0 Å². The van der Waals surface area contributed by atoms with Gasteiger partial charge in [0.2, 0.25) is 0 Å². The summed E-state index contributed by atoms with van der Waals surface area (Å²) in [6.07, 6.45) is -22.3. The molecule has 0 aromatic heterocycles. The molecule has 16 heteroatoms. The zero-order chi connectivity index (χ0) is 28.1. The average molecular weight is 561 g/mol. The Balaban J connectivity index is 1.68. The van der Waals surface area contributed by atoms with Crippen LogP contribution in [0, 0.1) is 0 Å². The SMILES string of the molecule is CCCCO[C@@H]1OC(CO)[C@@H](O[C@@H]2OC(CO)[C@H](O[C@@H]3OC(CO)[C@H](O)[C@H](O)C3O)[C@H](O)C2O)[C@H](O)C1O. The van der Waals surface area contributed by atoms with Gasteiger partial charge in [0.15, 0.2) is 18.9 Å². The maximum absolute atomic E-state index is 10.7. The molecule has 0 amide bonds. The third-order valence-corrected chi connectivity index (χ3v) is 6.85. The van der Waals surface area contributed by atoms with Crippen molar-refractivity contribution in [2.75, 3.05) is 26.4 Å². The van der Waals surface area contributed by atoms with Crippen molar-refractivity contribution in [3.05, 3.63) is 0 Å². The van der Waals surface area contributed by atoms with Crippen molar-refractivity contribution in [3.8, 4) is 0 Å². The molecule has 3 aliphatic rings. The summed E-state index contributed by atoms with van der Waals surface area (Å²) < 4.78 is 32.8. The van der Waals surface area contributed by atoms with E-state index in [1.807, 2.05) is 6.92 Å². The van der Waals surface area contributed by atoms with Crippen LogP contribution in [-0.2, 0) is 28.4 Å². The first-order valence-corrected chi connectivity index (χ1v) is 12.6. The van der Waals surface area contributed by atoms with Crippen molar-refractivity contribution in [1.82, 2.24) is 0 Å². The van der Waals surface area contributed by atoms with Gasteiger partial charge in [0.25, 0.3) is 0 Å². The maximum atomic E-state index is 10.7. The van der Waals surface area contributed by atoms with Gasteiger partial charge >= 0.3 is 0 Å². The zero-order valence-corrected chi connectivity index (χ0v) is 20.8. The summed E-state index contributed by atoms with van der Waals surface area (Å²) in [6, 6.07) is 0. The van der Waals surface area contributed by atoms with Crippen LogP contribution in [0.4, 0.5) is 0 Å². The highest BCUT2D eigenvalue weighted by Gasteiger charge is 2.53. The Morgan fingerprint density at radius 3 is 1.42 bits per heavy atom. The lowest BCUT2D eigenvalue weighted by Gasteiger charge is -2.48. The van der Waals surface area contributed by atoms with E-state index in [-0.39, 0.29) is 6.61 Å². The summed E-state index contributed by atoms with van der Waals surface area (Å²) in [4.78, 5) is 0. The Kier molecular flexibility index (Phi) is 12.0. The minimum absolute atomic E-state index is 0.235. The fraction of sp³-hybridized carbons (Fsp3) is 1.00.